The van der Waals surface area contributed by atoms with E-state index >= 15 is 0 Å². The van der Waals surface area contributed by atoms with E-state index in [4.69, 9.17) is 5.73 Å². The Labute approximate surface area is 118 Å². The van der Waals surface area contributed by atoms with E-state index in [1.807, 2.05) is 0 Å². The number of nitrogens with zero attached hydrogens (tertiary/aromatic N) is 1. The van der Waals surface area contributed by atoms with Gasteiger partial charge in [0.05, 0.1) is 0 Å². The number of nitrogens with two attached hydrogens (primary N) is 1. The van der Waals surface area contributed by atoms with Crippen LogP contribution < -0.4 is 5.73 Å². The highest BCUT2D eigenvalue weighted by atomic mass is 79.9. The lowest BCUT2D eigenvalue weighted by Gasteiger charge is -2.37. The second kappa shape index (κ2) is 5.32. The molecule has 2 saturated heterocycles. The van der Waals surface area contributed by atoms with Crippen molar-refractivity contribution in [3.8, 4) is 0 Å². The zero-order valence-electron chi connectivity index (χ0n) is 10.7. The van der Waals surface area contributed by atoms with E-state index in [0.717, 1.165) is 23.0 Å². The fraction of sp³-hybridized carbons (Fsp3) is 0.600. The molecule has 0 saturated carbocycles. The summed E-state index contributed by atoms with van der Waals surface area (Å²) in [5, 5.41) is 0. The zero-order chi connectivity index (χ0) is 12.5. The highest BCUT2D eigenvalue weighted by molar-refractivity contribution is 9.10. The summed E-state index contributed by atoms with van der Waals surface area (Å²) in [5.41, 5.74) is 7.55. The highest BCUT2D eigenvalue weighted by Gasteiger charge is 2.38. The minimum atomic E-state index is 0.450. The predicted molar refractivity (Wildman–Crippen MR) is 78.6 cm³/mol. The van der Waals surface area contributed by atoms with E-state index in [1.165, 1.54) is 37.8 Å². The average molecular weight is 309 g/mol. The Kier molecular flexibility index (Phi) is 3.73. The number of rotatable bonds is 3. The molecule has 3 rings (SSSR count). The number of halogens is 1. The van der Waals surface area contributed by atoms with Gasteiger partial charge in [0, 0.05) is 29.1 Å². The van der Waals surface area contributed by atoms with Crippen molar-refractivity contribution in [3.63, 3.8) is 0 Å². The maximum absolute atomic E-state index is 6.11. The summed E-state index contributed by atoms with van der Waals surface area (Å²) >= 11 is 3.48. The molecule has 2 unspecified atom stereocenters. The lowest BCUT2D eigenvalue weighted by molar-refractivity contribution is 0.129. The van der Waals surface area contributed by atoms with Crippen LogP contribution in [0.15, 0.2) is 28.7 Å². The molecule has 98 valence electrons. The topological polar surface area (TPSA) is 29.3 Å². The Morgan fingerprint density at radius 1 is 1.11 bits per heavy atom. The maximum Gasteiger partial charge on any atom is 0.0175 e. The molecule has 2 aliphatic rings. The van der Waals surface area contributed by atoms with Crippen LogP contribution in [-0.4, -0.2) is 29.6 Å². The Balaban J connectivity index is 1.59. The van der Waals surface area contributed by atoms with E-state index in [1.54, 1.807) is 0 Å². The molecule has 2 atom stereocenters. The largest absolute Gasteiger partial charge is 0.328 e. The first-order chi connectivity index (χ1) is 8.72. The van der Waals surface area contributed by atoms with Crippen molar-refractivity contribution in [1.29, 1.82) is 0 Å². The minimum absolute atomic E-state index is 0.450. The zero-order valence-corrected chi connectivity index (χ0v) is 12.3. The van der Waals surface area contributed by atoms with Crippen molar-refractivity contribution in [2.24, 2.45) is 5.73 Å². The van der Waals surface area contributed by atoms with E-state index in [-0.39, 0.29) is 0 Å². The minimum Gasteiger partial charge on any atom is -0.328 e. The van der Waals surface area contributed by atoms with E-state index in [0.29, 0.717) is 6.04 Å². The van der Waals surface area contributed by atoms with Gasteiger partial charge in [-0.25, -0.2) is 0 Å². The third kappa shape index (κ3) is 2.63. The Morgan fingerprint density at radius 3 is 2.33 bits per heavy atom. The van der Waals surface area contributed by atoms with Crippen LogP contribution in [0, 0.1) is 0 Å². The van der Waals surface area contributed by atoms with Crippen LogP contribution in [0.4, 0.5) is 0 Å². The third-order valence-corrected chi connectivity index (χ3v) is 5.02. The predicted octanol–water partition coefficient (Wildman–Crippen LogP) is 2.95. The molecule has 1 aromatic carbocycles. The van der Waals surface area contributed by atoms with Gasteiger partial charge < -0.3 is 5.73 Å². The van der Waals surface area contributed by atoms with Crippen molar-refractivity contribution >= 4 is 15.9 Å². The summed E-state index contributed by atoms with van der Waals surface area (Å²) < 4.78 is 1.16. The number of hydrogen-bond donors (Lipinski definition) is 1. The van der Waals surface area contributed by atoms with Crippen LogP contribution in [0.5, 0.6) is 0 Å². The number of piperidine rings is 1. The van der Waals surface area contributed by atoms with Crippen LogP contribution in [0.2, 0.25) is 0 Å². The summed E-state index contributed by atoms with van der Waals surface area (Å²) in [6, 6.07) is 10.7. The van der Waals surface area contributed by atoms with Gasteiger partial charge in [-0.3, -0.25) is 4.90 Å². The molecule has 0 radical (unpaired) electrons. The van der Waals surface area contributed by atoms with Gasteiger partial charge in [0.2, 0.25) is 0 Å². The monoisotopic (exact) mass is 308 g/mol. The fourth-order valence-electron chi connectivity index (χ4n) is 3.59. The molecule has 0 spiro atoms. The molecule has 2 bridgehead atoms. The average Bonchev–Trinajstić information content (AvgIpc) is 2.60. The Hall–Kier alpha value is -0.380. The second-order valence-electron chi connectivity index (χ2n) is 5.73. The molecule has 18 heavy (non-hydrogen) atoms. The molecular weight excluding hydrogens is 288 g/mol. The van der Waals surface area contributed by atoms with Crippen LogP contribution in [0.3, 0.4) is 0 Å². The van der Waals surface area contributed by atoms with Gasteiger partial charge in [-0.05, 0) is 49.8 Å². The summed E-state index contributed by atoms with van der Waals surface area (Å²) in [5.74, 6) is 0. The standard InChI is InChI=1S/C15H21BrN2/c16-12-3-1-11(2-4-12)7-8-18-14-5-6-15(18)10-13(17)9-14/h1-4,13-15H,5-10,17H2. The van der Waals surface area contributed by atoms with E-state index in [2.05, 4.69) is 45.1 Å². The molecule has 1 aromatic rings. The summed E-state index contributed by atoms with van der Waals surface area (Å²) in [7, 11) is 0. The normalized spacial score (nSPS) is 31.8. The summed E-state index contributed by atoms with van der Waals surface area (Å²) in [6.45, 7) is 1.20. The van der Waals surface area contributed by atoms with E-state index < -0.39 is 0 Å². The first-order valence-corrected chi connectivity index (χ1v) is 7.77. The molecule has 0 amide bonds. The van der Waals surface area contributed by atoms with Crippen molar-refractivity contribution in [3.05, 3.63) is 34.3 Å². The maximum atomic E-state index is 6.11. The van der Waals surface area contributed by atoms with Crippen molar-refractivity contribution in [2.75, 3.05) is 6.54 Å². The highest BCUT2D eigenvalue weighted by Crippen LogP contribution is 2.34. The van der Waals surface area contributed by atoms with Gasteiger partial charge in [0.15, 0.2) is 0 Å². The quantitative estimate of drug-likeness (QED) is 0.930. The smallest absolute Gasteiger partial charge is 0.0175 e. The number of benzene rings is 1. The molecule has 2 N–H and O–H groups in total. The van der Waals surface area contributed by atoms with Gasteiger partial charge in [-0.15, -0.1) is 0 Å². The number of fused-ring (bicyclic) bond motifs is 2. The van der Waals surface area contributed by atoms with Gasteiger partial charge in [-0.2, -0.15) is 0 Å². The second-order valence-corrected chi connectivity index (χ2v) is 6.65. The lowest BCUT2D eigenvalue weighted by Crippen LogP contribution is -2.48. The van der Waals surface area contributed by atoms with Gasteiger partial charge in [0.25, 0.3) is 0 Å². The van der Waals surface area contributed by atoms with Gasteiger partial charge in [0.1, 0.15) is 0 Å². The van der Waals surface area contributed by atoms with Crippen molar-refractivity contribution in [1.82, 2.24) is 4.90 Å². The first kappa shape index (κ1) is 12.6. The molecule has 2 aliphatic heterocycles. The third-order valence-electron chi connectivity index (χ3n) is 4.49. The Bertz CT molecular complexity index is 389. The molecular formula is C15H21BrN2. The SMILES string of the molecule is NC1CC2CCC(C1)N2CCc1ccc(Br)cc1. The van der Waals surface area contributed by atoms with Gasteiger partial charge in [-0.1, -0.05) is 28.1 Å². The summed E-state index contributed by atoms with van der Waals surface area (Å²) in [6.07, 6.45) is 6.29. The molecule has 2 nitrogen and oxygen atoms in total. The molecule has 3 heteroatoms. The molecule has 2 heterocycles. The van der Waals surface area contributed by atoms with E-state index in [9.17, 15) is 0 Å². The number of hydrogen-bond acceptors (Lipinski definition) is 2. The molecule has 0 aromatic heterocycles. The molecule has 2 fully saturated rings. The summed E-state index contributed by atoms with van der Waals surface area (Å²) in [4.78, 5) is 2.71. The fourth-order valence-corrected chi connectivity index (χ4v) is 3.85. The molecule has 0 aliphatic carbocycles. The van der Waals surface area contributed by atoms with Crippen LogP contribution in [0.1, 0.15) is 31.2 Å². The van der Waals surface area contributed by atoms with Crippen LogP contribution in [-0.2, 0) is 6.42 Å². The van der Waals surface area contributed by atoms with Gasteiger partial charge >= 0.3 is 0 Å². The lowest BCUT2D eigenvalue weighted by atomic mass is 9.97. The van der Waals surface area contributed by atoms with Crippen molar-refractivity contribution in [2.45, 2.75) is 50.2 Å². The first-order valence-electron chi connectivity index (χ1n) is 6.98. The van der Waals surface area contributed by atoms with Crippen molar-refractivity contribution < 1.29 is 0 Å². The Morgan fingerprint density at radius 2 is 1.72 bits per heavy atom. The van der Waals surface area contributed by atoms with Crippen LogP contribution >= 0.6 is 15.9 Å². The van der Waals surface area contributed by atoms with Crippen LogP contribution in [0.25, 0.3) is 0 Å².